The molecular formula is C20H23F2NO3. The Morgan fingerprint density at radius 3 is 2.23 bits per heavy atom. The average molecular weight is 363 g/mol. The van der Waals surface area contributed by atoms with E-state index in [9.17, 15) is 13.6 Å². The number of oxime groups is 1. The zero-order valence-corrected chi connectivity index (χ0v) is 15.2. The van der Waals surface area contributed by atoms with Crippen LogP contribution in [0.4, 0.5) is 8.78 Å². The molecule has 1 aromatic rings. The highest BCUT2D eigenvalue weighted by Gasteiger charge is 2.05. The van der Waals surface area contributed by atoms with Crippen molar-refractivity contribution < 1.29 is 23.5 Å². The van der Waals surface area contributed by atoms with Gasteiger partial charge in [-0.1, -0.05) is 37.2 Å². The first-order valence-corrected chi connectivity index (χ1v) is 7.99. The molecule has 0 radical (unpaired) electrons. The van der Waals surface area contributed by atoms with E-state index >= 15 is 0 Å². The monoisotopic (exact) mass is 363 g/mol. The molecule has 0 spiro atoms. The van der Waals surface area contributed by atoms with Gasteiger partial charge in [0.05, 0.1) is 18.1 Å². The second-order valence-electron chi connectivity index (χ2n) is 4.62. The van der Waals surface area contributed by atoms with Crippen LogP contribution in [0.1, 0.15) is 43.6 Å². The van der Waals surface area contributed by atoms with E-state index in [1.165, 1.54) is 24.4 Å². The summed E-state index contributed by atoms with van der Waals surface area (Å²) in [6.07, 6.45) is 6.37. The fourth-order valence-electron chi connectivity index (χ4n) is 1.59. The molecule has 0 aliphatic rings. The molecule has 1 N–H and O–H groups in total. The molecule has 0 atom stereocenters. The number of hydrogen-bond donors (Lipinski definition) is 1. The Morgan fingerprint density at radius 1 is 1.15 bits per heavy atom. The van der Waals surface area contributed by atoms with Gasteiger partial charge < -0.3 is 9.94 Å². The normalized spacial score (nSPS) is 12.9. The largest absolute Gasteiger partial charge is 0.478 e. The van der Waals surface area contributed by atoms with E-state index in [4.69, 9.17) is 9.94 Å². The molecule has 0 aliphatic heterocycles. The molecule has 140 valence electrons. The van der Waals surface area contributed by atoms with Crippen LogP contribution in [0.25, 0.3) is 5.76 Å². The molecule has 6 heteroatoms. The summed E-state index contributed by atoms with van der Waals surface area (Å²) in [6.45, 7) is 7.42. The Hall–Kier alpha value is -3.02. The highest BCUT2D eigenvalue weighted by Crippen LogP contribution is 2.17. The van der Waals surface area contributed by atoms with Crippen molar-refractivity contribution in [3.8, 4) is 0 Å². The lowest BCUT2D eigenvalue weighted by molar-refractivity contribution is 0.0697. The molecule has 0 saturated carbocycles. The predicted molar refractivity (Wildman–Crippen MR) is 101 cm³/mol. The number of rotatable bonds is 7. The fraction of sp³-hybridized carbons (Fsp3) is 0.200. The number of nitrogens with zero attached hydrogens (tertiary/aromatic N) is 1. The van der Waals surface area contributed by atoms with E-state index in [0.717, 1.165) is 6.08 Å². The number of carboxylic acid groups (broad SMARTS) is 1. The van der Waals surface area contributed by atoms with Gasteiger partial charge in [0.25, 0.3) is 0 Å². The predicted octanol–water partition coefficient (Wildman–Crippen LogP) is 6.06. The zero-order chi connectivity index (χ0) is 19.9. The maximum atomic E-state index is 12.9. The Kier molecular flexibility index (Phi) is 11.7. The summed E-state index contributed by atoms with van der Waals surface area (Å²) < 4.78 is 24.7. The van der Waals surface area contributed by atoms with Crippen molar-refractivity contribution in [1.29, 1.82) is 0 Å². The smallest absolute Gasteiger partial charge is 0.335 e. The molecule has 0 aliphatic carbocycles. The van der Waals surface area contributed by atoms with Crippen LogP contribution >= 0.6 is 0 Å². The first-order chi connectivity index (χ1) is 12.5. The van der Waals surface area contributed by atoms with Gasteiger partial charge >= 0.3 is 5.97 Å². The summed E-state index contributed by atoms with van der Waals surface area (Å²) >= 11 is 0. The van der Waals surface area contributed by atoms with Gasteiger partial charge in [-0.3, -0.25) is 0 Å². The highest BCUT2D eigenvalue weighted by atomic mass is 19.1. The summed E-state index contributed by atoms with van der Waals surface area (Å²) in [5, 5.41) is 12.6. The lowest BCUT2D eigenvalue weighted by Crippen LogP contribution is -1.96. The number of carboxylic acids is 1. The van der Waals surface area contributed by atoms with Gasteiger partial charge in [0.15, 0.2) is 5.76 Å². The molecular weight excluding hydrogens is 340 g/mol. The van der Waals surface area contributed by atoms with Gasteiger partial charge in [0, 0.05) is 11.6 Å². The number of allylic oxidation sites excluding steroid dienone is 6. The maximum Gasteiger partial charge on any atom is 0.335 e. The van der Waals surface area contributed by atoms with E-state index in [1.807, 2.05) is 13.8 Å². The lowest BCUT2D eigenvalue weighted by Gasteiger charge is -2.04. The van der Waals surface area contributed by atoms with Crippen LogP contribution in [0.2, 0.25) is 0 Å². The topological polar surface area (TPSA) is 58.9 Å². The number of aromatic carboxylic acids is 1. The van der Waals surface area contributed by atoms with Gasteiger partial charge in [-0.2, -0.15) is 0 Å². The minimum Gasteiger partial charge on any atom is -0.478 e. The van der Waals surface area contributed by atoms with E-state index in [2.05, 4.69) is 5.16 Å². The van der Waals surface area contributed by atoms with Crippen molar-refractivity contribution >= 4 is 17.9 Å². The Labute approximate surface area is 152 Å². The van der Waals surface area contributed by atoms with Crippen LogP contribution in [0.3, 0.4) is 0 Å². The summed E-state index contributed by atoms with van der Waals surface area (Å²) in [6, 6.07) is 6.15. The molecule has 0 aromatic heterocycles. The van der Waals surface area contributed by atoms with Crippen molar-refractivity contribution in [1.82, 2.24) is 0 Å². The van der Waals surface area contributed by atoms with Crippen molar-refractivity contribution in [3.63, 3.8) is 0 Å². The van der Waals surface area contributed by atoms with E-state index in [1.54, 1.807) is 32.1 Å². The molecule has 0 unspecified atom stereocenters. The van der Waals surface area contributed by atoms with Crippen molar-refractivity contribution in [2.75, 3.05) is 0 Å². The van der Waals surface area contributed by atoms with Crippen LogP contribution in [-0.4, -0.2) is 17.3 Å². The molecule has 1 aromatic carbocycles. The van der Waals surface area contributed by atoms with Gasteiger partial charge in [-0.05, 0) is 43.7 Å². The third-order valence-corrected chi connectivity index (χ3v) is 2.81. The van der Waals surface area contributed by atoms with Crippen LogP contribution in [0.15, 0.2) is 71.5 Å². The quantitative estimate of drug-likeness (QED) is 0.277. The first-order valence-electron chi connectivity index (χ1n) is 7.99. The third kappa shape index (κ3) is 8.73. The number of benzene rings is 1. The van der Waals surface area contributed by atoms with Gasteiger partial charge in [0.1, 0.15) is 5.83 Å². The molecule has 0 saturated heterocycles. The van der Waals surface area contributed by atoms with Crippen LogP contribution in [0.5, 0.6) is 0 Å². The Morgan fingerprint density at radius 2 is 1.73 bits per heavy atom. The zero-order valence-electron chi connectivity index (χ0n) is 15.2. The highest BCUT2D eigenvalue weighted by molar-refractivity contribution is 5.88. The molecule has 26 heavy (non-hydrogen) atoms. The SMILES string of the molecule is C/C=C(\O/N=C/C(C)=C/C=C(F)\C=C\F)c1ccc(C(=O)O)cc1.CC. The molecule has 0 amide bonds. The van der Waals surface area contributed by atoms with E-state index < -0.39 is 11.8 Å². The molecule has 0 fully saturated rings. The summed E-state index contributed by atoms with van der Waals surface area (Å²) in [4.78, 5) is 16.1. The summed E-state index contributed by atoms with van der Waals surface area (Å²) in [5.74, 6) is -1.29. The minimum atomic E-state index is -1.01. The molecule has 0 heterocycles. The average Bonchev–Trinajstić information content (AvgIpc) is 2.65. The molecule has 0 bridgehead atoms. The lowest BCUT2D eigenvalue weighted by atomic mass is 10.1. The van der Waals surface area contributed by atoms with Crippen LogP contribution < -0.4 is 0 Å². The van der Waals surface area contributed by atoms with E-state index in [0.29, 0.717) is 23.0 Å². The third-order valence-electron chi connectivity index (χ3n) is 2.81. The van der Waals surface area contributed by atoms with Gasteiger partial charge in [-0.25, -0.2) is 13.6 Å². The molecule has 1 rings (SSSR count). The van der Waals surface area contributed by atoms with E-state index in [-0.39, 0.29) is 11.9 Å². The van der Waals surface area contributed by atoms with Crippen molar-refractivity contribution in [2.45, 2.75) is 27.7 Å². The second kappa shape index (κ2) is 13.3. The number of hydrogen-bond acceptors (Lipinski definition) is 3. The Balaban J connectivity index is 0.00000301. The summed E-state index contributed by atoms with van der Waals surface area (Å²) in [5.41, 5.74) is 1.43. The molecule has 4 nitrogen and oxygen atoms in total. The fourth-order valence-corrected chi connectivity index (χ4v) is 1.59. The van der Waals surface area contributed by atoms with Gasteiger partial charge in [-0.15, -0.1) is 0 Å². The Bertz CT molecular complexity index is 715. The van der Waals surface area contributed by atoms with Crippen LogP contribution in [0, 0.1) is 0 Å². The van der Waals surface area contributed by atoms with Crippen molar-refractivity contribution in [2.24, 2.45) is 5.16 Å². The standard InChI is InChI=1S/C18H17F2NO3.C2H6/c1-3-17(14-5-7-15(8-6-14)18(22)23)24-21-12-13(2)4-9-16(20)10-11-19;1-2/h3-12H,1-2H3,(H,22,23);1-2H3/b11-10+,13-4+,16-9+,17-3-,21-12+;. The maximum absolute atomic E-state index is 12.9. The first kappa shape index (κ1) is 23.0. The number of halogens is 2. The van der Waals surface area contributed by atoms with Crippen molar-refractivity contribution in [3.05, 3.63) is 77.4 Å². The van der Waals surface area contributed by atoms with Gasteiger partial charge in [0.2, 0.25) is 0 Å². The number of carbonyl (C=O) groups is 1. The van der Waals surface area contributed by atoms with Crippen LogP contribution in [-0.2, 0) is 4.84 Å². The second-order valence-corrected chi connectivity index (χ2v) is 4.62. The summed E-state index contributed by atoms with van der Waals surface area (Å²) in [7, 11) is 0. The minimum absolute atomic E-state index is 0.111.